The molecule has 0 unspecified atom stereocenters. The molecular weight excluding hydrogens is 238 g/mol. The van der Waals surface area contributed by atoms with Crippen LogP contribution in [0, 0.1) is 0 Å². The molecule has 0 radical (unpaired) electrons. The van der Waals surface area contributed by atoms with Crippen molar-refractivity contribution in [3.63, 3.8) is 0 Å². The first kappa shape index (κ1) is 13.8. The van der Waals surface area contributed by atoms with Gasteiger partial charge in [-0.2, -0.15) is 0 Å². The number of hydrogen-bond acceptors (Lipinski definition) is 2. The molecule has 0 aromatic heterocycles. The van der Waals surface area contributed by atoms with Gasteiger partial charge in [-0.3, -0.25) is 4.79 Å². The molecule has 0 spiro atoms. The lowest BCUT2D eigenvalue weighted by Gasteiger charge is -2.17. The van der Waals surface area contributed by atoms with E-state index in [9.17, 15) is 4.79 Å². The van der Waals surface area contributed by atoms with Gasteiger partial charge in [0.15, 0.2) is 0 Å². The Hall–Kier alpha value is -1.22. The summed E-state index contributed by atoms with van der Waals surface area (Å²) in [5, 5.41) is 0. The van der Waals surface area contributed by atoms with Crippen LogP contribution in [0.15, 0.2) is 24.3 Å². The molecule has 17 heavy (non-hydrogen) atoms. The molecule has 4 heteroatoms. The zero-order chi connectivity index (χ0) is 12.7. The smallest absolute Gasteiger partial charge is 0.222 e. The highest BCUT2D eigenvalue weighted by molar-refractivity contribution is 6.17. The Morgan fingerprint density at radius 3 is 2.53 bits per heavy atom. The molecule has 1 amide bonds. The zero-order valence-corrected chi connectivity index (χ0v) is 11.0. The molecule has 0 aliphatic rings. The predicted molar refractivity (Wildman–Crippen MR) is 69.4 cm³/mol. The number of rotatable bonds is 6. The van der Waals surface area contributed by atoms with Gasteiger partial charge in [-0.15, -0.1) is 11.6 Å². The largest absolute Gasteiger partial charge is 0.497 e. The Morgan fingerprint density at radius 1 is 1.35 bits per heavy atom. The standard InChI is InChI=1S/C13H18ClNO2/c1-15(13(16)4-3-9-14)10-11-5-7-12(17-2)8-6-11/h5-8H,3-4,9-10H2,1-2H3. The monoisotopic (exact) mass is 255 g/mol. The van der Waals surface area contributed by atoms with Gasteiger partial charge in [0, 0.05) is 25.9 Å². The highest BCUT2D eigenvalue weighted by atomic mass is 35.5. The Kier molecular flexibility index (Phi) is 5.84. The zero-order valence-electron chi connectivity index (χ0n) is 10.3. The minimum absolute atomic E-state index is 0.126. The average Bonchev–Trinajstić information content (AvgIpc) is 2.36. The number of nitrogens with zero attached hydrogens (tertiary/aromatic N) is 1. The van der Waals surface area contributed by atoms with Crippen LogP contribution in [0.3, 0.4) is 0 Å². The molecule has 0 saturated heterocycles. The summed E-state index contributed by atoms with van der Waals surface area (Å²) in [5.41, 5.74) is 1.09. The molecule has 1 rings (SSSR count). The van der Waals surface area contributed by atoms with E-state index in [1.165, 1.54) is 0 Å². The second-order valence-electron chi connectivity index (χ2n) is 3.89. The summed E-state index contributed by atoms with van der Waals surface area (Å²) in [5.74, 6) is 1.48. The van der Waals surface area contributed by atoms with Gasteiger partial charge in [-0.25, -0.2) is 0 Å². The van der Waals surface area contributed by atoms with Gasteiger partial charge in [0.1, 0.15) is 5.75 Å². The summed E-state index contributed by atoms with van der Waals surface area (Å²) in [6.45, 7) is 0.616. The summed E-state index contributed by atoms with van der Waals surface area (Å²) in [4.78, 5) is 13.4. The van der Waals surface area contributed by atoms with Crippen LogP contribution in [0.2, 0.25) is 0 Å². The van der Waals surface area contributed by atoms with E-state index in [0.29, 0.717) is 18.8 Å². The average molecular weight is 256 g/mol. The normalized spacial score (nSPS) is 10.1. The maximum atomic E-state index is 11.7. The van der Waals surface area contributed by atoms with Crippen LogP contribution in [0.25, 0.3) is 0 Å². The fraction of sp³-hybridized carbons (Fsp3) is 0.462. The lowest BCUT2D eigenvalue weighted by molar-refractivity contribution is -0.130. The van der Waals surface area contributed by atoms with E-state index in [4.69, 9.17) is 16.3 Å². The van der Waals surface area contributed by atoms with E-state index in [2.05, 4.69) is 0 Å². The summed E-state index contributed by atoms with van der Waals surface area (Å²) in [6, 6.07) is 7.72. The Morgan fingerprint density at radius 2 is 2.00 bits per heavy atom. The van der Waals surface area contributed by atoms with Crippen LogP contribution in [-0.2, 0) is 11.3 Å². The van der Waals surface area contributed by atoms with Crippen LogP contribution in [-0.4, -0.2) is 30.8 Å². The number of carbonyl (C=O) groups is 1. The van der Waals surface area contributed by atoms with Crippen LogP contribution in [0.4, 0.5) is 0 Å². The quantitative estimate of drug-likeness (QED) is 0.732. The molecule has 3 nitrogen and oxygen atoms in total. The number of benzene rings is 1. The minimum atomic E-state index is 0.126. The third-order valence-corrected chi connectivity index (χ3v) is 2.80. The van der Waals surface area contributed by atoms with Crippen molar-refractivity contribution in [3.8, 4) is 5.75 Å². The van der Waals surface area contributed by atoms with Crippen LogP contribution >= 0.6 is 11.6 Å². The molecule has 0 N–H and O–H groups in total. The summed E-state index contributed by atoms with van der Waals surface area (Å²) < 4.78 is 5.08. The molecule has 0 fully saturated rings. The van der Waals surface area contributed by atoms with Gasteiger partial charge in [0.25, 0.3) is 0 Å². The molecule has 0 atom stereocenters. The number of carbonyl (C=O) groups excluding carboxylic acids is 1. The first-order valence-corrected chi connectivity index (χ1v) is 6.13. The lowest BCUT2D eigenvalue weighted by Crippen LogP contribution is -2.25. The van der Waals surface area contributed by atoms with Crippen LogP contribution in [0.1, 0.15) is 18.4 Å². The van der Waals surface area contributed by atoms with E-state index < -0.39 is 0 Å². The molecule has 0 bridgehead atoms. The van der Waals surface area contributed by atoms with E-state index in [1.54, 1.807) is 19.1 Å². The van der Waals surface area contributed by atoms with Crippen molar-refractivity contribution in [3.05, 3.63) is 29.8 Å². The van der Waals surface area contributed by atoms with Crippen molar-refractivity contribution < 1.29 is 9.53 Å². The molecular formula is C13H18ClNO2. The van der Waals surface area contributed by atoms with E-state index in [0.717, 1.165) is 17.7 Å². The molecule has 0 aliphatic heterocycles. The number of ether oxygens (including phenoxy) is 1. The van der Waals surface area contributed by atoms with Crippen molar-refractivity contribution in [2.45, 2.75) is 19.4 Å². The van der Waals surface area contributed by atoms with Crippen molar-refractivity contribution in [2.75, 3.05) is 20.0 Å². The van der Waals surface area contributed by atoms with Gasteiger partial charge in [-0.05, 0) is 24.1 Å². The second-order valence-corrected chi connectivity index (χ2v) is 4.27. The summed E-state index contributed by atoms with van der Waals surface area (Å²) in [7, 11) is 3.44. The first-order valence-electron chi connectivity index (χ1n) is 5.60. The molecule has 0 aliphatic carbocycles. The fourth-order valence-corrected chi connectivity index (χ4v) is 1.64. The Balaban J connectivity index is 2.49. The van der Waals surface area contributed by atoms with Crippen molar-refractivity contribution >= 4 is 17.5 Å². The predicted octanol–water partition coefficient (Wildman–Crippen LogP) is 2.67. The maximum absolute atomic E-state index is 11.7. The first-order chi connectivity index (χ1) is 8.17. The number of methoxy groups -OCH3 is 1. The third kappa shape index (κ3) is 4.65. The molecule has 0 saturated carbocycles. The second kappa shape index (κ2) is 7.17. The summed E-state index contributed by atoms with van der Waals surface area (Å²) >= 11 is 5.56. The number of alkyl halides is 1. The minimum Gasteiger partial charge on any atom is -0.497 e. The third-order valence-electron chi connectivity index (χ3n) is 2.53. The van der Waals surface area contributed by atoms with E-state index in [1.807, 2.05) is 24.3 Å². The van der Waals surface area contributed by atoms with Gasteiger partial charge in [0.2, 0.25) is 5.91 Å². The Labute approximate surface area is 107 Å². The summed E-state index contributed by atoms with van der Waals surface area (Å²) in [6.07, 6.45) is 1.24. The van der Waals surface area contributed by atoms with Crippen LogP contribution in [0.5, 0.6) is 5.75 Å². The number of halogens is 1. The van der Waals surface area contributed by atoms with Gasteiger partial charge < -0.3 is 9.64 Å². The highest BCUT2D eigenvalue weighted by Crippen LogP contribution is 2.13. The van der Waals surface area contributed by atoms with Crippen LogP contribution < -0.4 is 4.74 Å². The lowest BCUT2D eigenvalue weighted by atomic mass is 10.2. The van der Waals surface area contributed by atoms with E-state index in [-0.39, 0.29) is 5.91 Å². The number of amides is 1. The molecule has 0 heterocycles. The van der Waals surface area contributed by atoms with Crippen molar-refractivity contribution in [1.82, 2.24) is 4.90 Å². The maximum Gasteiger partial charge on any atom is 0.222 e. The van der Waals surface area contributed by atoms with Crippen molar-refractivity contribution in [2.24, 2.45) is 0 Å². The fourth-order valence-electron chi connectivity index (χ4n) is 1.50. The topological polar surface area (TPSA) is 29.5 Å². The van der Waals surface area contributed by atoms with Gasteiger partial charge >= 0.3 is 0 Å². The highest BCUT2D eigenvalue weighted by Gasteiger charge is 2.08. The molecule has 1 aromatic rings. The molecule has 1 aromatic carbocycles. The van der Waals surface area contributed by atoms with Gasteiger partial charge in [0.05, 0.1) is 7.11 Å². The van der Waals surface area contributed by atoms with Crippen molar-refractivity contribution in [1.29, 1.82) is 0 Å². The SMILES string of the molecule is COc1ccc(CN(C)C(=O)CCCCl)cc1. The Bertz CT molecular complexity index is 351. The molecule has 94 valence electrons. The number of hydrogen-bond donors (Lipinski definition) is 0. The van der Waals surface area contributed by atoms with Gasteiger partial charge in [-0.1, -0.05) is 12.1 Å². The van der Waals surface area contributed by atoms with E-state index >= 15 is 0 Å².